The van der Waals surface area contributed by atoms with Gasteiger partial charge in [-0.3, -0.25) is 30.3 Å². The van der Waals surface area contributed by atoms with Crippen LogP contribution in [0.2, 0.25) is 0 Å². The van der Waals surface area contributed by atoms with Gasteiger partial charge in [-0.15, -0.1) is 0 Å². The van der Waals surface area contributed by atoms with Crippen LogP contribution in [-0.2, 0) is 19.7 Å². The molecule has 0 bridgehead atoms. The summed E-state index contributed by atoms with van der Waals surface area (Å²) in [7, 11) is -4.35. The van der Waals surface area contributed by atoms with Crippen molar-refractivity contribution in [2.24, 2.45) is 0 Å². The van der Waals surface area contributed by atoms with Gasteiger partial charge < -0.3 is 4.18 Å². The zero-order valence-electron chi connectivity index (χ0n) is 14.3. The molecule has 1 aliphatic rings. The molecule has 0 radical (unpaired) electrons. The van der Waals surface area contributed by atoms with E-state index in [-0.39, 0.29) is 16.4 Å². The van der Waals surface area contributed by atoms with Crippen LogP contribution >= 0.6 is 12.2 Å². The Hall–Kier alpha value is -3.64. The van der Waals surface area contributed by atoms with E-state index in [1.54, 1.807) is 0 Å². The maximum Gasteiger partial charge on any atom is 0.339 e. The largest absolute Gasteiger partial charge is 0.379 e. The van der Waals surface area contributed by atoms with E-state index in [1.165, 1.54) is 36.4 Å². The van der Waals surface area contributed by atoms with Gasteiger partial charge in [0.25, 0.3) is 17.5 Å². The Morgan fingerprint density at radius 2 is 1.69 bits per heavy atom. The van der Waals surface area contributed by atoms with E-state index in [1.807, 2.05) is 0 Å². The Morgan fingerprint density at radius 3 is 2.34 bits per heavy atom. The first-order valence-corrected chi connectivity index (χ1v) is 9.65. The smallest absolute Gasteiger partial charge is 0.339 e. The Kier molecular flexibility index (Phi) is 5.39. The fourth-order valence-electron chi connectivity index (χ4n) is 2.36. The van der Waals surface area contributed by atoms with Gasteiger partial charge >= 0.3 is 10.1 Å². The highest BCUT2D eigenvalue weighted by molar-refractivity contribution is 7.87. The molecule has 0 aromatic heterocycles. The average molecular weight is 433 g/mol. The third-order valence-electron chi connectivity index (χ3n) is 3.64. The van der Waals surface area contributed by atoms with Crippen LogP contribution in [0.1, 0.15) is 5.56 Å². The topological polar surface area (TPSA) is 145 Å². The van der Waals surface area contributed by atoms with Crippen molar-refractivity contribution in [1.29, 1.82) is 0 Å². The van der Waals surface area contributed by atoms with Gasteiger partial charge in [-0.25, -0.2) is 0 Å². The zero-order chi connectivity index (χ0) is 21.2. The third-order valence-corrected chi connectivity index (χ3v) is 5.08. The minimum absolute atomic E-state index is 0.113. The number of nitro benzene ring substituents is 1. The number of hydrogen-bond donors (Lipinski definition) is 2. The molecule has 12 heteroatoms. The molecule has 3 rings (SSSR count). The Balaban J connectivity index is 1.88. The van der Waals surface area contributed by atoms with Crippen molar-refractivity contribution in [3.05, 3.63) is 69.8 Å². The second kappa shape index (κ2) is 7.77. The van der Waals surface area contributed by atoms with Gasteiger partial charge in [-0.05, 0) is 42.1 Å². The highest BCUT2D eigenvalue weighted by atomic mass is 32.2. The van der Waals surface area contributed by atoms with Crippen molar-refractivity contribution in [1.82, 2.24) is 10.6 Å². The molecule has 0 aliphatic carbocycles. The van der Waals surface area contributed by atoms with Gasteiger partial charge in [0.15, 0.2) is 5.11 Å². The number of benzene rings is 2. The Labute approximate surface area is 169 Å². The number of carbonyl (C=O) groups excluding carboxylic acids is 2. The van der Waals surface area contributed by atoms with Crippen LogP contribution in [0.5, 0.6) is 5.75 Å². The predicted molar refractivity (Wildman–Crippen MR) is 104 cm³/mol. The summed E-state index contributed by atoms with van der Waals surface area (Å²) in [6.45, 7) is 0. The number of amides is 2. The molecule has 2 N–H and O–H groups in total. The lowest BCUT2D eigenvalue weighted by molar-refractivity contribution is -0.385. The number of non-ortho nitro benzene ring substituents is 1. The predicted octanol–water partition coefficient (Wildman–Crippen LogP) is 1.28. The molecule has 0 unspecified atom stereocenters. The highest BCUT2D eigenvalue weighted by Gasteiger charge is 2.26. The number of hydrogen-bond acceptors (Lipinski definition) is 8. The lowest BCUT2D eigenvalue weighted by Gasteiger charge is -2.16. The summed E-state index contributed by atoms with van der Waals surface area (Å²) in [5.74, 6) is -1.51. The molecule has 10 nitrogen and oxygen atoms in total. The summed E-state index contributed by atoms with van der Waals surface area (Å²) in [6.07, 6.45) is 1.24. The van der Waals surface area contributed by atoms with E-state index in [0.29, 0.717) is 5.56 Å². The Morgan fingerprint density at radius 1 is 1.03 bits per heavy atom. The molecule has 2 aromatic rings. The number of rotatable bonds is 5. The highest BCUT2D eigenvalue weighted by Crippen LogP contribution is 2.23. The summed E-state index contributed by atoms with van der Waals surface area (Å²) in [4.78, 5) is 33.5. The van der Waals surface area contributed by atoms with Crippen LogP contribution in [-0.4, -0.2) is 30.3 Å². The molecule has 29 heavy (non-hydrogen) atoms. The SMILES string of the molecule is O=C1NC(=S)NC(=O)C1=Cc1cccc(OS(=O)(=O)c2cccc([N+](=O)[O-])c2)c1. The first kappa shape index (κ1) is 20.1. The van der Waals surface area contributed by atoms with Gasteiger partial charge in [0.2, 0.25) is 0 Å². The number of carbonyl (C=O) groups is 2. The molecule has 1 aliphatic heterocycles. The van der Waals surface area contributed by atoms with Crippen LogP contribution in [0, 0.1) is 10.1 Å². The zero-order valence-corrected chi connectivity index (χ0v) is 16.0. The fraction of sp³-hybridized carbons (Fsp3) is 0. The van der Waals surface area contributed by atoms with Crippen molar-refractivity contribution in [3.8, 4) is 5.75 Å². The molecule has 1 fully saturated rings. The summed E-state index contributed by atoms with van der Waals surface area (Å²) >= 11 is 4.71. The maximum atomic E-state index is 12.4. The summed E-state index contributed by atoms with van der Waals surface area (Å²) in [6, 6.07) is 10.0. The minimum atomic E-state index is -4.35. The lowest BCUT2D eigenvalue weighted by Crippen LogP contribution is -2.51. The second-order valence-corrected chi connectivity index (χ2v) is 7.61. The van der Waals surface area contributed by atoms with Gasteiger partial charge in [-0.1, -0.05) is 18.2 Å². The standard InChI is InChI=1S/C17H11N3O7S2/c21-15-14(16(22)19-17(28)18-15)8-10-3-1-5-12(7-10)27-29(25,26)13-6-2-4-11(9-13)20(23)24/h1-9H,(H2,18,19,21,22,28). The van der Waals surface area contributed by atoms with Crippen LogP contribution in [0.3, 0.4) is 0 Å². The molecule has 0 saturated carbocycles. The van der Waals surface area contributed by atoms with Crippen molar-refractivity contribution < 1.29 is 27.1 Å². The summed E-state index contributed by atoms with van der Waals surface area (Å²) < 4.78 is 29.9. The molecule has 1 saturated heterocycles. The van der Waals surface area contributed by atoms with Crippen LogP contribution in [0.4, 0.5) is 5.69 Å². The molecule has 2 aromatic carbocycles. The quantitative estimate of drug-likeness (QED) is 0.179. The normalized spacial score (nSPS) is 14.1. The van der Waals surface area contributed by atoms with E-state index in [4.69, 9.17) is 16.4 Å². The van der Waals surface area contributed by atoms with Crippen molar-refractivity contribution in [3.63, 3.8) is 0 Å². The monoisotopic (exact) mass is 433 g/mol. The number of nitro groups is 1. The van der Waals surface area contributed by atoms with Crippen LogP contribution < -0.4 is 14.8 Å². The molecular weight excluding hydrogens is 422 g/mol. The van der Waals surface area contributed by atoms with E-state index in [0.717, 1.165) is 18.2 Å². The number of thiocarbonyl (C=S) groups is 1. The van der Waals surface area contributed by atoms with Gasteiger partial charge in [0.05, 0.1) is 4.92 Å². The molecule has 1 heterocycles. The number of nitrogens with zero attached hydrogens (tertiary/aromatic N) is 1. The van der Waals surface area contributed by atoms with E-state index in [2.05, 4.69) is 10.6 Å². The van der Waals surface area contributed by atoms with Crippen molar-refractivity contribution in [2.45, 2.75) is 4.90 Å². The second-order valence-electron chi connectivity index (χ2n) is 5.66. The van der Waals surface area contributed by atoms with Gasteiger partial charge in [0.1, 0.15) is 16.2 Å². The minimum Gasteiger partial charge on any atom is -0.379 e. The average Bonchev–Trinajstić information content (AvgIpc) is 2.65. The van der Waals surface area contributed by atoms with Gasteiger partial charge in [-0.2, -0.15) is 8.42 Å². The van der Waals surface area contributed by atoms with Crippen molar-refractivity contribution >= 4 is 51.0 Å². The van der Waals surface area contributed by atoms with E-state index >= 15 is 0 Å². The molecule has 148 valence electrons. The molecule has 0 spiro atoms. The first-order valence-electron chi connectivity index (χ1n) is 7.83. The van der Waals surface area contributed by atoms with E-state index in [9.17, 15) is 28.1 Å². The van der Waals surface area contributed by atoms with Gasteiger partial charge in [0, 0.05) is 12.1 Å². The third kappa shape index (κ3) is 4.62. The lowest BCUT2D eigenvalue weighted by atomic mass is 10.1. The van der Waals surface area contributed by atoms with Crippen LogP contribution in [0.15, 0.2) is 59.0 Å². The summed E-state index contributed by atoms with van der Waals surface area (Å²) in [5.41, 5.74) is -0.317. The molecule has 2 amide bonds. The molecule has 0 atom stereocenters. The molecular formula is C17H11N3O7S2. The first-order chi connectivity index (χ1) is 13.7. The van der Waals surface area contributed by atoms with E-state index < -0.39 is 37.4 Å². The fourth-order valence-corrected chi connectivity index (χ4v) is 3.51. The Bertz CT molecular complexity index is 1170. The van der Waals surface area contributed by atoms with Crippen LogP contribution in [0.25, 0.3) is 6.08 Å². The summed E-state index contributed by atoms with van der Waals surface area (Å²) in [5, 5.41) is 15.3. The van der Waals surface area contributed by atoms with Crippen molar-refractivity contribution in [2.75, 3.05) is 0 Å². The number of nitrogens with one attached hydrogen (secondary N) is 2. The maximum absolute atomic E-state index is 12.4.